The van der Waals surface area contributed by atoms with Crippen molar-refractivity contribution in [3.05, 3.63) is 119 Å². The van der Waals surface area contributed by atoms with Gasteiger partial charge in [-0.15, -0.1) is 0 Å². The molecule has 0 fully saturated rings. The Morgan fingerprint density at radius 1 is 0.472 bits per heavy atom. The minimum atomic E-state index is -4.40. The summed E-state index contributed by atoms with van der Waals surface area (Å²) in [5, 5.41) is 7.10. The average molecular weight is 517 g/mol. The van der Waals surface area contributed by atoms with Crippen LogP contribution in [-0.2, 0) is 6.18 Å². The molecule has 0 aliphatic heterocycles. The third-order valence-corrected chi connectivity index (χ3v) is 7.07. The Morgan fingerprint density at radius 3 is 1.50 bits per heavy atom. The van der Waals surface area contributed by atoms with E-state index in [4.69, 9.17) is 23.2 Å². The fraction of sp³-hybridized carbons (Fsp3) is 0.0323. The van der Waals surface area contributed by atoms with E-state index >= 15 is 0 Å². The zero-order valence-electron chi connectivity index (χ0n) is 18.7. The van der Waals surface area contributed by atoms with Gasteiger partial charge < -0.3 is 0 Å². The van der Waals surface area contributed by atoms with Crippen LogP contribution in [0.3, 0.4) is 0 Å². The fourth-order valence-electron chi connectivity index (χ4n) is 4.95. The lowest BCUT2D eigenvalue weighted by Gasteiger charge is -2.19. The standard InChI is InChI=1S/C31H17Cl2F3/c32-23-11-7-19(8-12-23)30-27-16-21-4-2-1-3-20(21)15-26(27)29(25-14-13-24(33)17-28(25)30)18-5-9-22(10-6-18)31(34,35)36/h1-17H. The molecule has 0 saturated carbocycles. The first-order valence-corrected chi connectivity index (χ1v) is 12.1. The van der Waals surface area contributed by atoms with Gasteiger partial charge in [-0.2, -0.15) is 13.2 Å². The monoisotopic (exact) mass is 516 g/mol. The third kappa shape index (κ3) is 3.89. The van der Waals surface area contributed by atoms with E-state index in [2.05, 4.69) is 18.2 Å². The maximum absolute atomic E-state index is 13.3. The molecule has 5 heteroatoms. The minimum absolute atomic E-state index is 0.580. The molecule has 176 valence electrons. The lowest BCUT2D eigenvalue weighted by Crippen LogP contribution is -2.04. The molecule has 0 aliphatic carbocycles. The smallest absolute Gasteiger partial charge is 0.166 e. The Labute approximate surface area is 215 Å². The maximum Gasteiger partial charge on any atom is 0.416 e. The van der Waals surface area contributed by atoms with Crippen molar-refractivity contribution in [1.29, 1.82) is 0 Å². The predicted octanol–water partition coefficient (Wildman–Crippen LogP) is 10.8. The highest BCUT2D eigenvalue weighted by Gasteiger charge is 2.30. The van der Waals surface area contributed by atoms with E-state index in [-0.39, 0.29) is 0 Å². The summed E-state index contributed by atoms with van der Waals surface area (Å²) in [6, 6.07) is 31.0. The summed E-state index contributed by atoms with van der Waals surface area (Å²) in [6.45, 7) is 0. The number of fused-ring (bicyclic) bond motifs is 3. The van der Waals surface area contributed by atoms with Crippen LogP contribution in [0.1, 0.15) is 5.56 Å². The third-order valence-electron chi connectivity index (χ3n) is 6.58. The van der Waals surface area contributed by atoms with Crippen molar-refractivity contribution >= 4 is 55.5 Å². The van der Waals surface area contributed by atoms with E-state index in [1.807, 2.05) is 60.7 Å². The second-order valence-electron chi connectivity index (χ2n) is 8.77. The van der Waals surface area contributed by atoms with Gasteiger partial charge in [0.15, 0.2) is 0 Å². The van der Waals surface area contributed by atoms with Gasteiger partial charge in [0.1, 0.15) is 0 Å². The molecule has 0 bridgehead atoms. The Hall–Kier alpha value is -3.53. The number of halogens is 5. The molecular weight excluding hydrogens is 500 g/mol. The summed E-state index contributed by atoms with van der Waals surface area (Å²) < 4.78 is 39.9. The van der Waals surface area contributed by atoms with Crippen molar-refractivity contribution < 1.29 is 13.2 Å². The summed E-state index contributed by atoms with van der Waals surface area (Å²) in [4.78, 5) is 0. The summed E-state index contributed by atoms with van der Waals surface area (Å²) in [5.74, 6) is 0. The quantitative estimate of drug-likeness (QED) is 0.201. The second kappa shape index (κ2) is 8.55. The first kappa shape index (κ1) is 22.9. The summed E-state index contributed by atoms with van der Waals surface area (Å²) in [5.41, 5.74) is 2.88. The van der Waals surface area contributed by atoms with Crippen LogP contribution >= 0.6 is 23.2 Å². The van der Waals surface area contributed by atoms with E-state index < -0.39 is 11.7 Å². The molecule has 0 nitrogen and oxygen atoms in total. The van der Waals surface area contributed by atoms with Gasteiger partial charge in [-0.25, -0.2) is 0 Å². The number of alkyl halides is 3. The lowest BCUT2D eigenvalue weighted by molar-refractivity contribution is -0.137. The molecule has 0 spiro atoms. The van der Waals surface area contributed by atoms with Crippen molar-refractivity contribution in [3.8, 4) is 22.3 Å². The Morgan fingerprint density at radius 2 is 0.944 bits per heavy atom. The fourth-order valence-corrected chi connectivity index (χ4v) is 5.25. The van der Waals surface area contributed by atoms with Gasteiger partial charge in [0, 0.05) is 10.0 Å². The van der Waals surface area contributed by atoms with E-state index in [0.29, 0.717) is 15.6 Å². The average Bonchev–Trinajstić information content (AvgIpc) is 2.86. The molecule has 0 aromatic heterocycles. The van der Waals surface area contributed by atoms with Crippen LogP contribution in [0.2, 0.25) is 10.0 Å². The first-order valence-electron chi connectivity index (χ1n) is 11.3. The molecule has 6 aromatic rings. The van der Waals surface area contributed by atoms with Gasteiger partial charge in [0.25, 0.3) is 0 Å². The molecule has 0 saturated heterocycles. The van der Waals surface area contributed by atoms with Gasteiger partial charge in [0.2, 0.25) is 0 Å². The Kier molecular flexibility index (Phi) is 5.44. The number of hydrogen-bond acceptors (Lipinski definition) is 0. The van der Waals surface area contributed by atoms with E-state index in [1.165, 1.54) is 0 Å². The molecule has 0 aliphatic rings. The number of hydrogen-bond donors (Lipinski definition) is 0. The summed E-state index contributed by atoms with van der Waals surface area (Å²) in [7, 11) is 0. The molecule has 36 heavy (non-hydrogen) atoms. The normalized spacial score (nSPS) is 12.0. The topological polar surface area (TPSA) is 0 Å². The molecule has 0 unspecified atom stereocenters. The predicted molar refractivity (Wildman–Crippen MR) is 145 cm³/mol. The molecule has 0 N–H and O–H groups in total. The van der Waals surface area contributed by atoms with Crippen LogP contribution in [0.25, 0.3) is 54.6 Å². The van der Waals surface area contributed by atoms with Crippen LogP contribution < -0.4 is 0 Å². The largest absolute Gasteiger partial charge is 0.416 e. The van der Waals surface area contributed by atoms with Crippen molar-refractivity contribution in [2.24, 2.45) is 0 Å². The number of rotatable bonds is 2. The van der Waals surface area contributed by atoms with Gasteiger partial charge in [0.05, 0.1) is 5.56 Å². The van der Waals surface area contributed by atoms with Crippen LogP contribution in [0.15, 0.2) is 103 Å². The van der Waals surface area contributed by atoms with E-state index in [0.717, 1.165) is 61.1 Å². The van der Waals surface area contributed by atoms with Gasteiger partial charge in [-0.1, -0.05) is 77.8 Å². The van der Waals surface area contributed by atoms with Crippen LogP contribution in [0, 0.1) is 0 Å². The van der Waals surface area contributed by atoms with E-state index in [1.54, 1.807) is 12.1 Å². The van der Waals surface area contributed by atoms with Crippen molar-refractivity contribution in [2.75, 3.05) is 0 Å². The van der Waals surface area contributed by atoms with Crippen molar-refractivity contribution in [1.82, 2.24) is 0 Å². The molecule has 6 rings (SSSR count). The van der Waals surface area contributed by atoms with Crippen molar-refractivity contribution in [3.63, 3.8) is 0 Å². The molecule has 0 amide bonds. The zero-order chi connectivity index (χ0) is 25.0. The highest BCUT2D eigenvalue weighted by molar-refractivity contribution is 6.33. The number of benzene rings is 6. The minimum Gasteiger partial charge on any atom is -0.166 e. The lowest BCUT2D eigenvalue weighted by atomic mass is 9.85. The maximum atomic E-state index is 13.3. The first-order chi connectivity index (χ1) is 17.3. The van der Waals surface area contributed by atoms with Crippen molar-refractivity contribution in [2.45, 2.75) is 6.18 Å². The second-order valence-corrected chi connectivity index (χ2v) is 9.64. The summed E-state index contributed by atoms with van der Waals surface area (Å²) in [6.07, 6.45) is -4.40. The van der Waals surface area contributed by atoms with Crippen LogP contribution in [-0.4, -0.2) is 0 Å². The molecule has 0 heterocycles. The molecule has 0 radical (unpaired) electrons. The molecule has 6 aromatic carbocycles. The van der Waals surface area contributed by atoms with Crippen LogP contribution in [0.5, 0.6) is 0 Å². The summed E-state index contributed by atoms with van der Waals surface area (Å²) >= 11 is 12.7. The Bertz CT molecular complexity index is 1770. The Balaban J connectivity index is 1.79. The molecule has 0 atom stereocenters. The highest BCUT2D eigenvalue weighted by Crippen LogP contribution is 2.46. The van der Waals surface area contributed by atoms with Gasteiger partial charge in [-0.05, 0) is 103 Å². The SMILES string of the molecule is FC(F)(F)c1ccc(-c2c3ccc(Cl)cc3c(-c3ccc(Cl)cc3)c3cc4ccccc4cc23)cc1. The van der Waals surface area contributed by atoms with Gasteiger partial charge >= 0.3 is 6.18 Å². The van der Waals surface area contributed by atoms with Gasteiger partial charge in [-0.3, -0.25) is 0 Å². The highest BCUT2D eigenvalue weighted by atomic mass is 35.5. The van der Waals surface area contributed by atoms with E-state index in [9.17, 15) is 13.2 Å². The molecular formula is C31H17Cl2F3. The van der Waals surface area contributed by atoms with Crippen LogP contribution in [0.4, 0.5) is 13.2 Å². The zero-order valence-corrected chi connectivity index (χ0v) is 20.2.